The number of piperidine rings is 1. The number of likely N-dealkylation sites (tertiary alicyclic amines) is 1. The van der Waals surface area contributed by atoms with Gasteiger partial charge in [-0.25, -0.2) is 22.2 Å². The van der Waals surface area contributed by atoms with Gasteiger partial charge in [-0.2, -0.15) is 5.26 Å². The molecule has 0 atom stereocenters. The van der Waals surface area contributed by atoms with Gasteiger partial charge in [-0.05, 0) is 56.5 Å². The number of benzene rings is 2. The fourth-order valence-corrected chi connectivity index (χ4v) is 6.16. The Morgan fingerprint density at radius 2 is 2.03 bits per heavy atom. The molecule has 1 saturated heterocycles. The fraction of sp³-hybridized carbons (Fsp3) is 0.375. The molecule has 2 aromatic carbocycles. The van der Waals surface area contributed by atoms with Gasteiger partial charge in [0.05, 0.1) is 32.6 Å². The van der Waals surface area contributed by atoms with Crippen LogP contribution >= 0.6 is 11.3 Å². The average Bonchev–Trinajstić information content (AvgIpc) is 3.31. The van der Waals surface area contributed by atoms with Crippen molar-refractivity contribution in [2.24, 2.45) is 0 Å². The van der Waals surface area contributed by atoms with Crippen LogP contribution in [0.5, 0.6) is 0 Å². The maximum Gasteiger partial charge on any atom is 0.264 e. The number of anilines is 1. The molecule has 0 saturated carbocycles. The molecule has 8 nitrogen and oxygen atoms in total. The number of aromatic nitrogens is 1. The normalized spacial score (nSPS) is 16.0. The molecule has 1 aliphatic heterocycles. The van der Waals surface area contributed by atoms with Crippen molar-refractivity contribution < 1.29 is 27.1 Å². The maximum absolute atomic E-state index is 13.2. The zero-order valence-corrected chi connectivity index (χ0v) is 21.0. The molecule has 1 fully saturated rings. The van der Waals surface area contributed by atoms with Gasteiger partial charge in [-0.15, -0.1) is 11.3 Å². The molecule has 1 amide bonds. The van der Waals surface area contributed by atoms with Gasteiger partial charge < -0.3 is 10.0 Å². The predicted molar refractivity (Wildman–Crippen MR) is 132 cm³/mol. The quantitative estimate of drug-likeness (QED) is 0.464. The van der Waals surface area contributed by atoms with Gasteiger partial charge >= 0.3 is 0 Å². The van der Waals surface area contributed by atoms with Gasteiger partial charge in [-0.3, -0.25) is 9.52 Å². The standard InChI is InChI=1S/C24H24F2N4O4S2/c1-23(25,26)7-8-24(32)9-11-30(12-10-24)22(31)18-6-5-17(13-16(18)14-27)29-36(33,34)20-4-2-3-19-21(20)28-15-35-19/h2-6,13,15,29,32H,7-12H2,1H3. The highest BCUT2D eigenvalue weighted by atomic mass is 32.2. The Bertz CT molecular complexity index is 1440. The number of carbonyl (C=O) groups is 1. The Morgan fingerprint density at radius 1 is 1.31 bits per heavy atom. The summed E-state index contributed by atoms with van der Waals surface area (Å²) < 4.78 is 55.5. The number of sulfonamides is 1. The lowest BCUT2D eigenvalue weighted by Crippen LogP contribution is -2.47. The lowest BCUT2D eigenvalue weighted by atomic mass is 9.86. The second-order valence-electron chi connectivity index (χ2n) is 9.02. The highest BCUT2D eigenvalue weighted by molar-refractivity contribution is 7.93. The number of rotatable bonds is 7. The van der Waals surface area contributed by atoms with E-state index in [0.717, 1.165) is 6.92 Å². The van der Waals surface area contributed by atoms with Gasteiger partial charge in [0, 0.05) is 19.5 Å². The lowest BCUT2D eigenvalue weighted by Gasteiger charge is -2.38. The first-order valence-electron chi connectivity index (χ1n) is 11.2. The zero-order chi connectivity index (χ0) is 26.1. The summed E-state index contributed by atoms with van der Waals surface area (Å²) in [5.74, 6) is -3.32. The third kappa shape index (κ3) is 5.64. The summed E-state index contributed by atoms with van der Waals surface area (Å²) in [6.07, 6.45) is -0.205. The van der Waals surface area contributed by atoms with Crippen molar-refractivity contribution in [2.45, 2.75) is 49.0 Å². The lowest BCUT2D eigenvalue weighted by molar-refractivity contribution is -0.0570. The number of nitrogens with zero attached hydrogens (tertiary/aromatic N) is 3. The summed E-state index contributed by atoms with van der Waals surface area (Å²) >= 11 is 1.31. The molecule has 0 unspecified atom stereocenters. The molecule has 36 heavy (non-hydrogen) atoms. The second kappa shape index (κ2) is 9.72. The molecule has 2 N–H and O–H groups in total. The van der Waals surface area contributed by atoms with Crippen LogP contribution in [0.15, 0.2) is 46.8 Å². The maximum atomic E-state index is 13.2. The predicted octanol–water partition coefficient (Wildman–Crippen LogP) is 4.37. The summed E-state index contributed by atoms with van der Waals surface area (Å²) in [6.45, 7) is 1.12. The van der Waals surface area contributed by atoms with Crippen molar-refractivity contribution in [2.75, 3.05) is 17.8 Å². The number of thiazole rings is 1. The van der Waals surface area contributed by atoms with Crippen LogP contribution in [0, 0.1) is 11.3 Å². The van der Waals surface area contributed by atoms with Crippen LogP contribution < -0.4 is 4.72 Å². The van der Waals surface area contributed by atoms with Crippen molar-refractivity contribution >= 4 is 43.2 Å². The topological polar surface area (TPSA) is 123 Å². The van der Waals surface area contributed by atoms with Crippen molar-refractivity contribution in [1.82, 2.24) is 9.88 Å². The largest absolute Gasteiger partial charge is 0.390 e. The summed E-state index contributed by atoms with van der Waals surface area (Å²) in [7, 11) is -4.01. The van der Waals surface area contributed by atoms with E-state index in [9.17, 15) is 32.4 Å². The second-order valence-corrected chi connectivity index (χ2v) is 11.6. The molecule has 190 valence electrons. The number of nitriles is 1. The van der Waals surface area contributed by atoms with Crippen LogP contribution in [-0.4, -0.2) is 53.9 Å². The number of fused-ring (bicyclic) bond motifs is 1. The van der Waals surface area contributed by atoms with E-state index < -0.39 is 33.9 Å². The minimum atomic E-state index is -4.01. The van der Waals surface area contributed by atoms with Gasteiger partial charge in [0.25, 0.3) is 15.9 Å². The third-order valence-electron chi connectivity index (χ3n) is 6.25. The van der Waals surface area contributed by atoms with Gasteiger partial charge in [-0.1, -0.05) is 6.07 Å². The first-order valence-corrected chi connectivity index (χ1v) is 13.6. The average molecular weight is 535 g/mol. The van der Waals surface area contributed by atoms with Crippen LogP contribution in [0.1, 0.15) is 48.5 Å². The zero-order valence-electron chi connectivity index (χ0n) is 19.4. The summed E-state index contributed by atoms with van der Waals surface area (Å²) in [5, 5.41) is 20.2. The van der Waals surface area contributed by atoms with Gasteiger partial charge in [0.2, 0.25) is 5.92 Å². The number of amides is 1. The van der Waals surface area contributed by atoms with E-state index in [1.54, 1.807) is 17.6 Å². The molecular weight excluding hydrogens is 510 g/mol. The molecule has 1 aromatic heterocycles. The van der Waals surface area contributed by atoms with Crippen molar-refractivity contribution in [1.29, 1.82) is 5.26 Å². The van der Waals surface area contributed by atoms with E-state index in [-0.39, 0.29) is 54.1 Å². The summed E-state index contributed by atoms with van der Waals surface area (Å²) in [6, 6.07) is 10.8. The van der Waals surface area contributed by atoms with Crippen LogP contribution in [0.4, 0.5) is 14.5 Å². The van der Waals surface area contributed by atoms with Crippen LogP contribution in [0.2, 0.25) is 0 Å². The Hall–Kier alpha value is -3.14. The number of carbonyl (C=O) groups excluding carboxylic acids is 1. The SMILES string of the molecule is CC(F)(F)CCC1(O)CCN(C(=O)c2ccc(NS(=O)(=O)c3cccc4scnc34)cc2C#N)CC1. The Kier molecular flexibility index (Phi) is 7.01. The third-order valence-corrected chi connectivity index (χ3v) is 8.45. The summed E-state index contributed by atoms with van der Waals surface area (Å²) in [5.41, 5.74) is 0.819. The highest BCUT2D eigenvalue weighted by Gasteiger charge is 2.37. The summed E-state index contributed by atoms with van der Waals surface area (Å²) in [4.78, 5) is 18.7. The van der Waals surface area contributed by atoms with Crippen molar-refractivity contribution in [3.8, 4) is 6.07 Å². The number of aliphatic hydroxyl groups is 1. The van der Waals surface area contributed by atoms with Crippen molar-refractivity contribution in [3.63, 3.8) is 0 Å². The van der Waals surface area contributed by atoms with Crippen LogP contribution in [0.25, 0.3) is 10.2 Å². The number of hydrogen-bond acceptors (Lipinski definition) is 7. The highest BCUT2D eigenvalue weighted by Crippen LogP contribution is 2.32. The van der Waals surface area contributed by atoms with Crippen LogP contribution in [0.3, 0.4) is 0 Å². The van der Waals surface area contributed by atoms with E-state index in [0.29, 0.717) is 10.2 Å². The molecule has 0 radical (unpaired) electrons. The number of halogens is 2. The van der Waals surface area contributed by atoms with E-state index in [1.807, 2.05) is 6.07 Å². The Balaban J connectivity index is 1.48. The number of hydrogen-bond donors (Lipinski definition) is 2. The molecule has 2 heterocycles. The molecule has 1 aliphatic rings. The first-order chi connectivity index (χ1) is 16.9. The van der Waals surface area contributed by atoms with Gasteiger partial charge in [0.1, 0.15) is 16.5 Å². The van der Waals surface area contributed by atoms with Gasteiger partial charge in [0.15, 0.2) is 0 Å². The molecule has 3 aromatic rings. The Labute approximate surface area is 211 Å². The minimum absolute atomic E-state index is 0.00143. The number of alkyl halides is 2. The molecule has 4 rings (SSSR count). The minimum Gasteiger partial charge on any atom is -0.390 e. The Morgan fingerprint density at radius 3 is 2.69 bits per heavy atom. The van der Waals surface area contributed by atoms with E-state index in [2.05, 4.69) is 9.71 Å². The molecular formula is C24H24F2N4O4S2. The smallest absolute Gasteiger partial charge is 0.264 e. The number of nitrogens with one attached hydrogen (secondary N) is 1. The first kappa shape index (κ1) is 25.9. The van der Waals surface area contributed by atoms with Crippen molar-refractivity contribution in [3.05, 3.63) is 53.0 Å². The monoisotopic (exact) mass is 534 g/mol. The molecule has 0 aliphatic carbocycles. The van der Waals surface area contributed by atoms with Crippen LogP contribution in [-0.2, 0) is 10.0 Å². The van der Waals surface area contributed by atoms with E-state index in [4.69, 9.17) is 0 Å². The molecule has 0 bridgehead atoms. The fourth-order valence-electron chi connectivity index (χ4n) is 4.17. The molecule has 12 heteroatoms. The van der Waals surface area contributed by atoms with E-state index in [1.165, 1.54) is 40.5 Å². The molecule has 0 spiro atoms. The number of para-hydroxylation sites is 1. The van der Waals surface area contributed by atoms with E-state index >= 15 is 0 Å².